The van der Waals surface area contributed by atoms with Gasteiger partial charge in [0.25, 0.3) is 5.69 Å². The number of pyridine rings is 1. The second-order valence-electron chi connectivity index (χ2n) is 3.53. The number of nitro groups is 1. The number of benzene rings is 1. The first-order valence-electron chi connectivity index (χ1n) is 5.01. The first-order valence-corrected chi connectivity index (χ1v) is 5.01. The molecule has 1 aromatic heterocycles. The van der Waals surface area contributed by atoms with E-state index in [1.807, 2.05) is 0 Å². The molecule has 0 radical (unpaired) electrons. The Balaban J connectivity index is 2.49. The fraction of sp³-hybridized carbons (Fsp3) is 0. The van der Waals surface area contributed by atoms with Gasteiger partial charge in [0, 0.05) is 6.20 Å². The monoisotopic (exact) mass is 244 g/mol. The second kappa shape index (κ2) is 4.62. The third-order valence-corrected chi connectivity index (χ3v) is 2.44. The Morgan fingerprint density at radius 1 is 1.22 bits per heavy atom. The molecule has 0 aliphatic rings. The quantitative estimate of drug-likeness (QED) is 0.660. The lowest BCUT2D eigenvalue weighted by molar-refractivity contribution is -0.384. The van der Waals surface area contributed by atoms with E-state index in [4.69, 9.17) is 5.11 Å². The number of rotatable bonds is 3. The molecule has 0 saturated carbocycles. The predicted octanol–water partition coefficient (Wildman–Crippen LogP) is 2.36. The highest BCUT2D eigenvalue weighted by atomic mass is 16.6. The maximum Gasteiger partial charge on any atom is 0.335 e. The molecular weight excluding hydrogens is 236 g/mol. The van der Waals surface area contributed by atoms with Crippen LogP contribution in [0.5, 0.6) is 0 Å². The lowest BCUT2D eigenvalue weighted by Crippen LogP contribution is -1.96. The molecule has 2 rings (SSSR count). The third-order valence-electron chi connectivity index (χ3n) is 2.44. The summed E-state index contributed by atoms with van der Waals surface area (Å²) >= 11 is 0. The molecule has 0 bridgehead atoms. The van der Waals surface area contributed by atoms with Gasteiger partial charge in [-0.2, -0.15) is 0 Å². The molecule has 6 heteroatoms. The second-order valence-corrected chi connectivity index (χ2v) is 3.53. The van der Waals surface area contributed by atoms with E-state index in [1.165, 1.54) is 42.7 Å². The molecule has 0 atom stereocenters. The lowest BCUT2D eigenvalue weighted by atomic mass is 10.0. The Morgan fingerprint density at radius 2 is 1.89 bits per heavy atom. The molecule has 0 spiro atoms. The van der Waals surface area contributed by atoms with Crippen LogP contribution in [0.1, 0.15) is 10.4 Å². The smallest absolute Gasteiger partial charge is 0.335 e. The van der Waals surface area contributed by atoms with Crippen molar-refractivity contribution >= 4 is 11.7 Å². The molecule has 0 aliphatic carbocycles. The number of hydrogen-bond donors (Lipinski definition) is 1. The Kier molecular flexibility index (Phi) is 3.01. The van der Waals surface area contributed by atoms with Gasteiger partial charge in [0.1, 0.15) is 6.20 Å². The molecule has 90 valence electrons. The van der Waals surface area contributed by atoms with Gasteiger partial charge in [-0.15, -0.1) is 0 Å². The van der Waals surface area contributed by atoms with Crippen LogP contribution in [-0.2, 0) is 0 Å². The van der Waals surface area contributed by atoms with Crippen molar-refractivity contribution in [2.75, 3.05) is 0 Å². The van der Waals surface area contributed by atoms with Crippen molar-refractivity contribution in [1.82, 2.24) is 4.98 Å². The van der Waals surface area contributed by atoms with Gasteiger partial charge in [0.2, 0.25) is 0 Å². The van der Waals surface area contributed by atoms with Gasteiger partial charge in [-0.1, -0.05) is 12.1 Å². The molecule has 6 nitrogen and oxygen atoms in total. The summed E-state index contributed by atoms with van der Waals surface area (Å²) in [6.07, 6.45) is 2.62. The molecule has 1 heterocycles. The molecule has 0 saturated heterocycles. The van der Waals surface area contributed by atoms with Crippen molar-refractivity contribution in [3.05, 3.63) is 58.4 Å². The number of aromatic nitrogens is 1. The maximum absolute atomic E-state index is 10.8. The summed E-state index contributed by atoms with van der Waals surface area (Å²) in [6, 6.07) is 7.40. The van der Waals surface area contributed by atoms with Crippen LogP contribution in [0.15, 0.2) is 42.7 Å². The molecule has 0 aliphatic heterocycles. The van der Waals surface area contributed by atoms with Crippen LogP contribution in [0.3, 0.4) is 0 Å². The number of carboxylic acid groups (broad SMARTS) is 1. The van der Waals surface area contributed by atoms with Crippen molar-refractivity contribution in [1.29, 1.82) is 0 Å². The van der Waals surface area contributed by atoms with Gasteiger partial charge in [-0.3, -0.25) is 15.1 Å². The number of aromatic carboxylic acids is 1. The fourth-order valence-electron chi connectivity index (χ4n) is 1.57. The van der Waals surface area contributed by atoms with Crippen molar-refractivity contribution in [3.8, 4) is 11.1 Å². The van der Waals surface area contributed by atoms with E-state index in [2.05, 4.69) is 4.98 Å². The minimum Gasteiger partial charge on any atom is -0.478 e. The summed E-state index contributed by atoms with van der Waals surface area (Å²) < 4.78 is 0. The van der Waals surface area contributed by atoms with Gasteiger partial charge in [-0.05, 0) is 23.8 Å². The van der Waals surface area contributed by atoms with Crippen LogP contribution < -0.4 is 0 Å². The normalized spacial score (nSPS) is 10.0. The van der Waals surface area contributed by atoms with Crippen LogP contribution >= 0.6 is 0 Å². The molecule has 18 heavy (non-hydrogen) atoms. The van der Waals surface area contributed by atoms with E-state index in [0.717, 1.165) is 0 Å². The Labute approximate surface area is 102 Å². The molecule has 0 amide bonds. The SMILES string of the molecule is O=C(O)c1ccc(-c2ccncc2[N+](=O)[O-])cc1. The number of hydrogen-bond acceptors (Lipinski definition) is 4. The highest BCUT2D eigenvalue weighted by Crippen LogP contribution is 2.28. The minimum atomic E-state index is -1.04. The van der Waals surface area contributed by atoms with Gasteiger partial charge in [-0.25, -0.2) is 4.79 Å². The van der Waals surface area contributed by atoms with Gasteiger partial charge in [0.05, 0.1) is 16.1 Å². The zero-order chi connectivity index (χ0) is 13.1. The number of carboxylic acids is 1. The first-order chi connectivity index (χ1) is 8.59. The molecule has 1 N–H and O–H groups in total. The molecule has 2 aromatic rings. The van der Waals surface area contributed by atoms with Crippen molar-refractivity contribution in [3.63, 3.8) is 0 Å². The summed E-state index contributed by atoms with van der Waals surface area (Å²) in [5.74, 6) is -1.04. The van der Waals surface area contributed by atoms with Crippen LogP contribution in [0.4, 0.5) is 5.69 Å². The van der Waals surface area contributed by atoms with E-state index in [-0.39, 0.29) is 11.3 Å². The zero-order valence-corrected chi connectivity index (χ0v) is 9.11. The highest BCUT2D eigenvalue weighted by molar-refractivity contribution is 5.88. The van der Waals surface area contributed by atoms with Crippen LogP contribution in [0.25, 0.3) is 11.1 Å². The number of nitrogens with zero attached hydrogens (tertiary/aromatic N) is 2. The molecule has 1 aromatic carbocycles. The standard InChI is InChI=1S/C12H8N2O4/c15-12(16)9-3-1-8(2-4-9)10-5-6-13-7-11(10)14(17)18/h1-7H,(H,15,16). The Hall–Kier alpha value is -2.76. The first kappa shape index (κ1) is 11.7. The third kappa shape index (κ3) is 2.17. The summed E-state index contributed by atoms with van der Waals surface area (Å²) in [5, 5.41) is 19.6. The largest absolute Gasteiger partial charge is 0.478 e. The fourth-order valence-corrected chi connectivity index (χ4v) is 1.57. The van der Waals surface area contributed by atoms with E-state index in [1.54, 1.807) is 0 Å². The average molecular weight is 244 g/mol. The van der Waals surface area contributed by atoms with Crippen molar-refractivity contribution in [2.45, 2.75) is 0 Å². The summed E-state index contributed by atoms with van der Waals surface area (Å²) in [6.45, 7) is 0. The zero-order valence-electron chi connectivity index (χ0n) is 9.11. The van der Waals surface area contributed by atoms with Crippen molar-refractivity contribution < 1.29 is 14.8 Å². The Bertz CT molecular complexity index is 608. The molecule has 0 fully saturated rings. The summed E-state index contributed by atoms with van der Waals surface area (Å²) in [4.78, 5) is 24.7. The lowest BCUT2D eigenvalue weighted by Gasteiger charge is -2.02. The van der Waals surface area contributed by atoms with Gasteiger partial charge in [0.15, 0.2) is 0 Å². The van der Waals surface area contributed by atoms with Gasteiger partial charge >= 0.3 is 5.97 Å². The van der Waals surface area contributed by atoms with Gasteiger partial charge < -0.3 is 5.11 Å². The molecular formula is C12H8N2O4. The van der Waals surface area contributed by atoms with Crippen LogP contribution in [-0.4, -0.2) is 21.0 Å². The topological polar surface area (TPSA) is 93.3 Å². The van der Waals surface area contributed by atoms with Crippen molar-refractivity contribution in [2.24, 2.45) is 0 Å². The Morgan fingerprint density at radius 3 is 2.44 bits per heavy atom. The minimum absolute atomic E-state index is 0.111. The van der Waals surface area contributed by atoms with Crippen LogP contribution in [0.2, 0.25) is 0 Å². The van der Waals surface area contributed by atoms with Crippen LogP contribution in [0, 0.1) is 10.1 Å². The van der Waals surface area contributed by atoms with E-state index < -0.39 is 10.9 Å². The highest BCUT2D eigenvalue weighted by Gasteiger charge is 2.15. The maximum atomic E-state index is 10.8. The van der Waals surface area contributed by atoms with E-state index >= 15 is 0 Å². The number of carbonyl (C=O) groups is 1. The summed E-state index contributed by atoms with van der Waals surface area (Å²) in [5.41, 5.74) is 1.01. The molecule has 0 unspecified atom stereocenters. The van der Waals surface area contributed by atoms with E-state index in [0.29, 0.717) is 11.1 Å². The predicted molar refractivity (Wildman–Crippen MR) is 63.3 cm³/mol. The van der Waals surface area contributed by atoms with E-state index in [9.17, 15) is 14.9 Å². The average Bonchev–Trinajstić information content (AvgIpc) is 2.39. The summed E-state index contributed by atoms with van der Waals surface area (Å²) in [7, 11) is 0.